The maximum atomic E-state index is 11.8. The molecule has 8 heteroatoms. The number of hydrogen-bond acceptors (Lipinski definition) is 4. The van der Waals surface area contributed by atoms with Crippen molar-refractivity contribution >= 4 is 17.9 Å². The van der Waals surface area contributed by atoms with Crippen molar-refractivity contribution in [2.24, 2.45) is 0 Å². The number of carbonyl (C=O) groups excluding carboxylic acids is 2. The van der Waals surface area contributed by atoms with Crippen LogP contribution in [0.25, 0.3) is 0 Å². The third-order valence-corrected chi connectivity index (χ3v) is 2.72. The van der Waals surface area contributed by atoms with Crippen molar-refractivity contribution in [3.05, 3.63) is 12.7 Å². The fourth-order valence-electron chi connectivity index (χ4n) is 1.68. The van der Waals surface area contributed by atoms with Gasteiger partial charge >= 0.3 is 12.0 Å². The number of carboxylic acids is 1. The number of amides is 3. The minimum absolute atomic E-state index is 0.0859. The van der Waals surface area contributed by atoms with Crippen LogP contribution in [0.15, 0.2) is 12.7 Å². The van der Waals surface area contributed by atoms with Gasteiger partial charge in [0.25, 0.3) is 0 Å². The van der Waals surface area contributed by atoms with E-state index >= 15 is 0 Å². The standard InChI is InChI=1S/C12H19N3O5/c1-2-3-5-20-6-4-13-12(19)15-8-10(16)14-7-9(15)11(17)18/h2,9H,1,3-8H2,(H,13,19)(H,14,16)(H,17,18). The second kappa shape index (κ2) is 8.16. The normalized spacial score (nSPS) is 18.3. The van der Waals surface area contributed by atoms with Gasteiger partial charge in [0.05, 0.1) is 13.2 Å². The fraction of sp³-hybridized carbons (Fsp3) is 0.583. The number of aliphatic carboxylic acids is 1. The van der Waals surface area contributed by atoms with Crippen molar-refractivity contribution < 1.29 is 24.2 Å². The van der Waals surface area contributed by atoms with Crippen LogP contribution in [0.3, 0.4) is 0 Å². The molecule has 0 spiro atoms. The molecule has 0 aromatic heterocycles. The molecule has 0 aliphatic carbocycles. The van der Waals surface area contributed by atoms with Crippen LogP contribution >= 0.6 is 0 Å². The highest BCUT2D eigenvalue weighted by Crippen LogP contribution is 2.04. The SMILES string of the molecule is C=CCCOCCNC(=O)N1CC(=O)NCC1C(=O)O. The molecule has 3 amide bonds. The molecule has 1 heterocycles. The molecular formula is C12H19N3O5. The Labute approximate surface area is 116 Å². The summed E-state index contributed by atoms with van der Waals surface area (Å²) in [6.07, 6.45) is 2.45. The summed E-state index contributed by atoms with van der Waals surface area (Å²) in [7, 11) is 0. The number of urea groups is 1. The predicted octanol–water partition coefficient (Wildman–Crippen LogP) is -0.826. The topological polar surface area (TPSA) is 108 Å². The molecule has 20 heavy (non-hydrogen) atoms. The smallest absolute Gasteiger partial charge is 0.328 e. The van der Waals surface area contributed by atoms with Gasteiger partial charge in [0.15, 0.2) is 0 Å². The first kappa shape index (κ1) is 16.0. The largest absolute Gasteiger partial charge is 0.480 e. The molecule has 112 valence electrons. The maximum Gasteiger partial charge on any atom is 0.328 e. The Balaban J connectivity index is 2.37. The summed E-state index contributed by atoms with van der Waals surface area (Å²) in [5.74, 6) is -1.53. The molecule has 3 N–H and O–H groups in total. The van der Waals surface area contributed by atoms with Crippen LogP contribution < -0.4 is 10.6 Å². The summed E-state index contributed by atoms with van der Waals surface area (Å²) in [5.41, 5.74) is 0. The average Bonchev–Trinajstić information content (AvgIpc) is 2.42. The molecule has 8 nitrogen and oxygen atoms in total. The van der Waals surface area contributed by atoms with E-state index < -0.39 is 18.0 Å². The lowest BCUT2D eigenvalue weighted by Crippen LogP contribution is -2.61. The van der Waals surface area contributed by atoms with Gasteiger partial charge in [-0.3, -0.25) is 9.69 Å². The van der Waals surface area contributed by atoms with Gasteiger partial charge in [-0.2, -0.15) is 0 Å². The molecule has 1 aliphatic heterocycles. The fourth-order valence-corrected chi connectivity index (χ4v) is 1.68. The van der Waals surface area contributed by atoms with Crippen molar-refractivity contribution in [1.82, 2.24) is 15.5 Å². The van der Waals surface area contributed by atoms with E-state index in [0.29, 0.717) is 13.2 Å². The molecule has 1 saturated heterocycles. The number of nitrogens with one attached hydrogen (secondary N) is 2. The Morgan fingerprint density at radius 2 is 2.30 bits per heavy atom. The average molecular weight is 285 g/mol. The van der Waals surface area contributed by atoms with Gasteiger partial charge in [-0.1, -0.05) is 6.08 Å². The summed E-state index contributed by atoms with van der Waals surface area (Å²) in [4.78, 5) is 35.1. The van der Waals surface area contributed by atoms with Crippen LogP contribution in [0.2, 0.25) is 0 Å². The number of carbonyl (C=O) groups is 3. The van der Waals surface area contributed by atoms with E-state index in [2.05, 4.69) is 17.2 Å². The number of carboxylic acid groups (broad SMARTS) is 1. The lowest BCUT2D eigenvalue weighted by Gasteiger charge is -2.32. The van der Waals surface area contributed by atoms with Crippen molar-refractivity contribution in [3.63, 3.8) is 0 Å². The number of rotatable bonds is 7. The van der Waals surface area contributed by atoms with Crippen molar-refractivity contribution in [1.29, 1.82) is 0 Å². The van der Waals surface area contributed by atoms with Crippen LogP contribution in [0.5, 0.6) is 0 Å². The van der Waals surface area contributed by atoms with E-state index in [9.17, 15) is 14.4 Å². The summed E-state index contributed by atoms with van der Waals surface area (Å²) < 4.78 is 5.21. The first-order chi connectivity index (χ1) is 9.56. The Morgan fingerprint density at radius 3 is 2.95 bits per heavy atom. The second-order valence-corrected chi connectivity index (χ2v) is 4.21. The Kier molecular flexibility index (Phi) is 6.51. The molecular weight excluding hydrogens is 266 g/mol. The zero-order valence-corrected chi connectivity index (χ0v) is 11.1. The lowest BCUT2D eigenvalue weighted by molar-refractivity contribution is -0.144. The van der Waals surface area contributed by atoms with E-state index in [-0.39, 0.29) is 25.5 Å². The Hall–Kier alpha value is -2.09. The zero-order valence-electron chi connectivity index (χ0n) is 11.1. The van der Waals surface area contributed by atoms with Crippen molar-refractivity contribution in [2.45, 2.75) is 12.5 Å². The second-order valence-electron chi connectivity index (χ2n) is 4.21. The summed E-state index contributed by atoms with van der Waals surface area (Å²) in [6, 6.07) is -1.63. The summed E-state index contributed by atoms with van der Waals surface area (Å²) in [6.45, 7) is 4.28. The van der Waals surface area contributed by atoms with Crippen molar-refractivity contribution in [2.75, 3.05) is 32.8 Å². The van der Waals surface area contributed by atoms with Crippen molar-refractivity contribution in [3.8, 4) is 0 Å². The van der Waals surface area contributed by atoms with Gasteiger partial charge in [0.2, 0.25) is 5.91 Å². The third-order valence-electron chi connectivity index (χ3n) is 2.72. The van der Waals surface area contributed by atoms with Gasteiger partial charge in [-0.15, -0.1) is 6.58 Å². The minimum Gasteiger partial charge on any atom is -0.480 e. The molecule has 0 radical (unpaired) electrons. The number of ether oxygens (including phenoxy) is 1. The van der Waals surface area contributed by atoms with Gasteiger partial charge in [-0.05, 0) is 6.42 Å². The zero-order chi connectivity index (χ0) is 15.0. The molecule has 0 saturated carbocycles. The molecule has 1 fully saturated rings. The maximum absolute atomic E-state index is 11.8. The highest BCUT2D eigenvalue weighted by Gasteiger charge is 2.34. The van der Waals surface area contributed by atoms with Crippen LogP contribution in [0.1, 0.15) is 6.42 Å². The first-order valence-electron chi connectivity index (χ1n) is 6.29. The molecule has 1 aliphatic rings. The minimum atomic E-state index is -1.15. The van der Waals surface area contributed by atoms with Crippen LogP contribution in [-0.2, 0) is 14.3 Å². The Bertz CT molecular complexity index is 385. The molecule has 0 aromatic carbocycles. The van der Waals surface area contributed by atoms with E-state index in [1.54, 1.807) is 6.08 Å². The highest BCUT2D eigenvalue weighted by molar-refractivity contribution is 5.90. The number of nitrogens with zero attached hydrogens (tertiary/aromatic N) is 1. The number of hydrogen-bond donors (Lipinski definition) is 3. The van der Waals surface area contributed by atoms with Gasteiger partial charge in [0.1, 0.15) is 12.6 Å². The first-order valence-corrected chi connectivity index (χ1v) is 6.29. The summed E-state index contributed by atoms with van der Waals surface area (Å²) >= 11 is 0. The number of piperazine rings is 1. The highest BCUT2D eigenvalue weighted by atomic mass is 16.5. The lowest BCUT2D eigenvalue weighted by atomic mass is 10.2. The molecule has 0 aromatic rings. The van der Waals surface area contributed by atoms with Crippen LogP contribution in [0.4, 0.5) is 4.79 Å². The Morgan fingerprint density at radius 1 is 1.55 bits per heavy atom. The van der Waals surface area contributed by atoms with Gasteiger partial charge in [-0.25, -0.2) is 9.59 Å². The molecule has 1 rings (SSSR count). The monoisotopic (exact) mass is 285 g/mol. The third kappa shape index (κ3) is 4.88. The van der Waals surface area contributed by atoms with Crippen LogP contribution in [0, 0.1) is 0 Å². The quantitative estimate of drug-likeness (QED) is 0.418. The molecule has 1 unspecified atom stereocenters. The molecule has 1 atom stereocenters. The van der Waals surface area contributed by atoms with Crippen LogP contribution in [-0.4, -0.2) is 66.8 Å². The van der Waals surface area contributed by atoms with E-state index in [0.717, 1.165) is 11.3 Å². The van der Waals surface area contributed by atoms with Gasteiger partial charge < -0.3 is 20.5 Å². The predicted molar refractivity (Wildman–Crippen MR) is 70.2 cm³/mol. The van der Waals surface area contributed by atoms with Gasteiger partial charge in [0, 0.05) is 13.1 Å². The molecule has 0 bridgehead atoms. The van der Waals surface area contributed by atoms with E-state index in [1.807, 2.05) is 0 Å². The van der Waals surface area contributed by atoms with E-state index in [1.165, 1.54) is 0 Å². The van der Waals surface area contributed by atoms with E-state index in [4.69, 9.17) is 9.84 Å². The summed E-state index contributed by atoms with van der Waals surface area (Å²) in [5, 5.41) is 13.9.